The smallest absolute Gasteiger partial charge is 0.275 e. The Bertz CT molecular complexity index is 1960. The van der Waals surface area contributed by atoms with Gasteiger partial charge in [0.1, 0.15) is 11.5 Å². The van der Waals surface area contributed by atoms with Gasteiger partial charge in [-0.1, -0.05) is 81.3 Å². The van der Waals surface area contributed by atoms with Crippen LogP contribution in [-0.4, -0.2) is 45.1 Å². The quantitative estimate of drug-likeness (QED) is 0.158. The molecule has 2 aliphatic heterocycles. The first-order valence-electron chi connectivity index (χ1n) is 16.5. The van der Waals surface area contributed by atoms with Crippen LogP contribution in [0.5, 0.6) is 17.4 Å². The van der Waals surface area contributed by atoms with Crippen LogP contribution in [0.3, 0.4) is 0 Å². The zero-order valence-corrected chi connectivity index (χ0v) is 27.1. The number of hydrogen-bond acceptors (Lipinski definition) is 6. The highest BCUT2D eigenvalue weighted by molar-refractivity contribution is 6.03. The van der Waals surface area contributed by atoms with Gasteiger partial charge in [-0.3, -0.25) is 4.79 Å². The fourth-order valence-electron chi connectivity index (χ4n) is 6.88. The van der Waals surface area contributed by atoms with Crippen LogP contribution in [-0.2, 0) is 5.54 Å². The number of unbranched alkanes of at least 4 members (excludes halogenated alkanes) is 2. The summed E-state index contributed by atoms with van der Waals surface area (Å²) >= 11 is 0. The third-order valence-corrected chi connectivity index (χ3v) is 9.18. The zero-order valence-electron chi connectivity index (χ0n) is 27.1. The summed E-state index contributed by atoms with van der Waals surface area (Å²) in [5.41, 5.74) is 4.91. The van der Waals surface area contributed by atoms with Gasteiger partial charge in [-0.15, -0.1) is 0 Å². The maximum atomic E-state index is 14.5. The molecule has 3 heterocycles. The Kier molecular flexibility index (Phi) is 8.02. The summed E-state index contributed by atoms with van der Waals surface area (Å²) < 4.78 is 8.72. The predicted molar refractivity (Wildman–Crippen MR) is 185 cm³/mol. The number of ether oxygens (including phenoxy) is 1. The number of aromatic nitrogens is 2. The summed E-state index contributed by atoms with van der Waals surface area (Å²) in [4.78, 5) is 16.9. The molecule has 1 unspecified atom stereocenters. The number of nitrogens with zero attached hydrogens (tertiary/aromatic N) is 5. The van der Waals surface area contributed by atoms with Crippen molar-refractivity contribution in [2.24, 2.45) is 5.10 Å². The molecule has 8 nitrogen and oxygen atoms in total. The molecule has 1 spiro atoms. The van der Waals surface area contributed by atoms with Crippen LogP contribution >= 0.6 is 0 Å². The number of phenols is 1. The Morgan fingerprint density at radius 3 is 2.34 bits per heavy atom. The van der Waals surface area contributed by atoms with Crippen LogP contribution in [0, 0.1) is 6.92 Å². The Morgan fingerprint density at radius 2 is 1.60 bits per heavy atom. The molecular weight excluding hydrogens is 586 g/mol. The van der Waals surface area contributed by atoms with Crippen LogP contribution < -0.4 is 9.64 Å². The molecule has 0 saturated heterocycles. The summed E-state index contributed by atoms with van der Waals surface area (Å²) in [5.74, 6) is 1.03. The van der Waals surface area contributed by atoms with E-state index < -0.39 is 5.54 Å². The average Bonchev–Trinajstić information content (AvgIpc) is 3.56. The summed E-state index contributed by atoms with van der Waals surface area (Å²) in [6, 6.07) is 30.9. The molecule has 238 valence electrons. The molecule has 47 heavy (non-hydrogen) atoms. The Labute approximate surface area is 275 Å². The number of aromatic hydroxyl groups is 1. The van der Waals surface area contributed by atoms with E-state index in [0.29, 0.717) is 22.8 Å². The van der Waals surface area contributed by atoms with Gasteiger partial charge in [0.05, 0.1) is 23.2 Å². The molecule has 7 rings (SSSR count). The number of anilines is 1. The summed E-state index contributed by atoms with van der Waals surface area (Å²) in [6.07, 6.45) is 5.95. The molecule has 8 heteroatoms. The Hall–Kier alpha value is -5.37. The van der Waals surface area contributed by atoms with Crippen molar-refractivity contribution in [2.45, 2.75) is 52.0 Å². The number of fused-ring (bicyclic) bond motifs is 6. The van der Waals surface area contributed by atoms with Crippen molar-refractivity contribution in [3.63, 3.8) is 0 Å². The highest BCUT2D eigenvalue weighted by Gasteiger charge is 2.59. The Balaban J connectivity index is 1.51. The minimum Gasteiger partial charge on any atom is -0.507 e. The molecule has 2 aliphatic rings. The lowest BCUT2D eigenvalue weighted by atomic mass is 9.75. The third-order valence-electron chi connectivity index (χ3n) is 9.18. The zero-order chi connectivity index (χ0) is 32.5. The maximum absolute atomic E-state index is 14.5. The number of carbonyl (C=O) groups excluding carboxylic acids is 1. The molecule has 1 aromatic heterocycles. The number of amides is 1. The van der Waals surface area contributed by atoms with E-state index in [0.717, 1.165) is 72.5 Å². The first kappa shape index (κ1) is 30.3. The fraction of sp³-hybridized carbons (Fsp3) is 0.256. The van der Waals surface area contributed by atoms with Gasteiger partial charge < -0.3 is 14.7 Å². The van der Waals surface area contributed by atoms with Crippen molar-refractivity contribution in [3.05, 3.63) is 131 Å². The van der Waals surface area contributed by atoms with E-state index in [9.17, 15) is 9.90 Å². The van der Waals surface area contributed by atoms with E-state index in [-0.39, 0.29) is 11.7 Å². The van der Waals surface area contributed by atoms with Gasteiger partial charge in [-0.05, 0) is 56.2 Å². The highest BCUT2D eigenvalue weighted by Crippen LogP contribution is 2.59. The van der Waals surface area contributed by atoms with Gasteiger partial charge in [0, 0.05) is 47.1 Å². The second kappa shape index (κ2) is 12.4. The number of para-hydroxylation sites is 2. The normalized spacial score (nSPS) is 16.3. The number of carbonyl (C=O) groups is 1. The maximum Gasteiger partial charge on any atom is 0.275 e. The van der Waals surface area contributed by atoms with Crippen molar-refractivity contribution < 1.29 is 14.6 Å². The molecule has 0 aliphatic carbocycles. The monoisotopic (exact) mass is 625 g/mol. The number of phenolic OH excluding ortho intramolecular Hbond substituents is 1. The molecule has 0 bridgehead atoms. The largest absolute Gasteiger partial charge is 0.507 e. The summed E-state index contributed by atoms with van der Waals surface area (Å²) in [7, 11) is 0. The van der Waals surface area contributed by atoms with E-state index in [1.165, 1.54) is 0 Å². The number of benzene rings is 4. The van der Waals surface area contributed by atoms with E-state index >= 15 is 0 Å². The van der Waals surface area contributed by atoms with Crippen molar-refractivity contribution >= 4 is 17.8 Å². The van der Waals surface area contributed by atoms with Crippen LogP contribution in [0.4, 0.5) is 5.69 Å². The molecule has 1 N–H and O–H groups in total. The molecule has 0 fully saturated rings. The second-order valence-electron chi connectivity index (χ2n) is 12.2. The van der Waals surface area contributed by atoms with Crippen molar-refractivity contribution in [1.29, 1.82) is 0 Å². The third kappa shape index (κ3) is 4.95. The van der Waals surface area contributed by atoms with Crippen LogP contribution in [0.15, 0.2) is 102 Å². The van der Waals surface area contributed by atoms with Gasteiger partial charge in [-0.25, -0.2) is 9.69 Å². The average molecular weight is 626 g/mol. The molecule has 1 amide bonds. The molecular formula is C39H39N5O3. The molecule has 5 aromatic rings. The minimum absolute atomic E-state index is 0.0829. The SMILES string of the molecule is CCCCN(CCCC)c1ccc2c(c1)Oc1c(c(C)nn1-c1ccccc1)C21c2ccccc2C(=O)N1N=Cc1ccccc1O. The van der Waals surface area contributed by atoms with E-state index in [2.05, 4.69) is 36.9 Å². The fourth-order valence-corrected chi connectivity index (χ4v) is 6.88. The second-order valence-corrected chi connectivity index (χ2v) is 12.2. The highest BCUT2D eigenvalue weighted by atomic mass is 16.5. The number of rotatable bonds is 10. The van der Waals surface area contributed by atoms with E-state index in [1.807, 2.05) is 72.3 Å². The first-order chi connectivity index (χ1) is 23.0. The number of hydrazone groups is 1. The number of aryl methyl sites for hydroxylation is 1. The predicted octanol–water partition coefficient (Wildman–Crippen LogP) is 8.18. The van der Waals surface area contributed by atoms with E-state index in [4.69, 9.17) is 14.9 Å². The van der Waals surface area contributed by atoms with Gasteiger partial charge in [0.25, 0.3) is 5.91 Å². The Morgan fingerprint density at radius 1 is 0.894 bits per heavy atom. The summed E-state index contributed by atoms with van der Waals surface area (Å²) in [6.45, 7) is 8.28. The van der Waals surface area contributed by atoms with Crippen molar-refractivity contribution in [3.8, 4) is 23.1 Å². The van der Waals surface area contributed by atoms with Crippen LogP contribution in [0.1, 0.15) is 77.8 Å². The van der Waals surface area contributed by atoms with Crippen LogP contribution in [0.2, 0.25) is 0 Å². The van der Waals surface area contributed by atoms with Gasteiger partial charge in [-0.2, -0.15) is 10.2 Å². The molecule has 1 atom stereocenters. The van der Waals surface area contributed by atoms with Gasteiger partial charge >= 0.3 is 0 Å². The van der Waals surface area contributed by atoms with Gasteiger partial charge in [0.15, 0.2) is 5.54 Å². The van der Waals surface area contributed by atoms with Crippen LogP contribution in [0.25, 0.3) is 5.69 Å². The minimum atomic E-state index is -1.18. The first-order valence-corrected chi connectivity index (χ1v) is 16.5. The topological polar surface area (TPSA) is 83.2 Å². The van der Waals surface area contributed by atoms with Gasteiger partial charge in [0.2, 0.25) is 5.88 Å². The van der Waals surface area contributed by atoms with Crippen molar-refractivity contribution in [1.82, 2.24) is 14.8 Å². The molecule has 0 radical (unpaired) electrons. The lowest BCUT2D eigenvalue weighted by Gasteiger charge is -2.41. The van der Waals surface area contributed by atoms with Crippen molar-refractivity contribution in [2.75, 3.05) is 18.0 Å². The van der Waals surface area contributed by atoms with E-state index in [1.54, 1.807) is 29.4 Å². The molecule has 0 saturated carbocycles. The lowest BCUT2D eigenvalue weighted by molar-refractivity contribution is 0.0674. The summed E-state index contributed by atoms with van der Waals surface area (Å²) in [5, 5.41) is 22.0. The molecule has 4 aromatic carbocycles. The lowest BCUT2D eigenvalue weighted by Crippen LogP contribution is -2.44. The number of hydrogen-bond donors (Lipinski definition) is 1. The standard InChI is InChI=1S/C39H39N5O3/c1-4-6-23-42(24-7-5-2)30-21-22-33-35(25-30)47-38-36(27(3)41-43(38)29-16-9-8-10-17-29)39(33)32-19-13-12-18-31(32)37(46)44(39)40-26-28-15-11-14-20-34(28)45/h8-22,25-26,45H,4-7,23-24H2,1-3H3.